The Hall–Kier alpha value is -0.180. The third-order valence-electron chi connectivity index (χ3n) is 2.17. The van der Waals surface area contributed by atoms with Gasteiger partial charge < -0.3 is 0 Å². The third kappa shape index (κ3) is 9.90. The highest BCUT2D eigenvalue weighted by Crippen LogP contribution is 2.07. The molecular weight excluding hydrogens is 196 g/mol. The molecule has 0 aliphatic carbocycles. The van der Waals surface area contributed by atoms with Crippen LogP contribution in [0.25, 0.3) is 0 Å². The van der Waals surface area contributed by atoms with Gasteiger partial charge in [-0.15, -0.1) is 0 Å². The first-order valence-electron chi connectivity index (χ1n) is 5.48. The molecule has 0 radical (unpaired) electrons. The summed E-state index contributed by atoms with van der Waals surface area (Å²) in [6.07, 6.45) is 9.38. The lowest BCUT2D eigenvalue weighted by molar-refractivity contribution is -0.116. The molecule has 84 valence electrons. The lowest BCUT2D eigenvalue weighted by Gasteiger charge is -1.99. The Morgan fingerprint density at radius 1 is 1.07 bits per heavy atom. The summed E-state index contributed by atoms with van der Waals surface area (Å²) in [6, 6.07) is 0. The third-order valence-corrected chi connectivity index (χ3v) is 2.90. The highest BCUT2D eigenvalue weighted by atomic mass is 32.2. The van der Waals surface area contributed by atoms with Crippen molar-refractivity contribution < 1.29 is 9.00 Å². The molecule has 0 amide bonds. The number of hydrogen-bond acceptors (Lipinski definition) is 2. The normalized spacial score (nSPS) is 12.7. The maximum Gasteiger partial charge on any atom is 0.145 e. The van der Waals surface area contributed by atoms with E-state index in [0.717, 1.165) is 12.8 Å². The molecule has 0 bridgehead atoms. The SMILES string of the molecule is CCCCCCCCC(=O)CS(C)=O. The van der Waals surface area contributed by atoms with E-state index in [-0.39, 0.29) is 11.5 Å². The van der Waals surface area contributed by atoms with E-state index < -0.39 is 10.8 Å². The van der Waals surface area contributed by atoms with Gasteiger partial charge in [0.05, 0.1) is 5.75 Å². The van der Waals surface area contributed by atoms with Crippen molar-refractivity contribution in [3.63, 3.8) is 0 Å². The Kier molecular flexibility index (Phi) is 9.26. The van der Waals surface area contributed by atoms with Crippen LogP contribution in [-0.2, 0) is 15.6 Å². The molecule has 0 aliphatic rings. The zero-order valence-corrected chi connectivity index (χ0v) is 10.2. The maximum atomic E-state index is 11.1. The summed E-state index contributed by atoms with van der Waals surface area (Å²) in [6.45, 7) is 2.19. The van der Waals surface area contributed by atoms with Crippen LogP contribution in [0.4, 0.5) is 0 Å². The maximum absolute atomic E-state index is 11.1. The second-order valence-electron chi connectivity index (χ2n) is 3.77. The highest BCUT2D eigenvalue weighted by molar-refractivity contribution is 7.85. The Morgan fingerprint density at radius 3 is 2.21 bits per heavy atom. The van der Waals surface area contributed by atoms with Crippen molar-refractivity contribution in [2.45, 2.75) is 51.9 Å². The zero-order valence-electron chi connectivity index (χ0n) is 9.38. The van der Waals surface area contributed by atoms with Crippen LogP contribution >= 0.6 is 0 Å². The molecule has 1 unspecified atom stereocenters. The van der Waals surface area contributed by atoms with Gasteiger partial charge in [0.15, 0.2) is 0 Å². The number of ketones is 1. The molecule has 0 heterocycles. The summed E-state index contributed by atoms with van der Waals surface area (Å²) in [5, 5.41) is 0. The molecule has 0 aromatic rings. The minimum atomic E-state index is -0.955. The van der Waals surface area contributed by atoms with Crippen molar-refractivity contribution in [1.29, 1.82) is 0 Å². The number of carbonyl (C=O) groups is 1. The fourth-order valence-electron chi connectivity index (χ4n) is 1.40. The quantitative estimate of drug-likeness (QED) is 0.558. The lowest BCUT2D eigenvalue weighted by atomic mass is 10.1. The lowest BCUT2D eigenvalue weighted by Crippen LogP contribution is -2.08. The smallest absolute Gasteiger partial charge is 0.145 e. The van der Waals surface area contributed by atoms with Gasteiger partial charge in [-0.25, -0.2) is 0 Å². The molecule has 1 atom stereocenters. The van der Waals surface area contributed by atoms with Crippen LogP contribution in [0.1, 0.15) is 51.9 Å². The molecule has 0 saturated carbocycles. The van der Waals surface area contributed by atoms with Crippen LogP contribution in [0.3, 0.4) is 0 Å². The predicted molar refractivity (Wildman–Crippen MR) is 61.9 cm³/mol. The summed E-state index contributed by atoms with van der Waals surface area (Å²) >= 11 is 0. The van der Waals surface area contributed by atoms with Crippen molar-refractivity contribution >= 4 is 16.6 Å². The van der Waals surface area contributed by atoms with Crippen molar-refractivity contribution in [1.82, 2.24) is 0 Å². The van der Waals surface area contributed by atoms with Gasteiger partial charge in [-0.2, -0.15) is 0 Å². The Balaban J connectivity index is 3.19. The molecular formula is C11H22O2S. The second kappa shape index (κ2) is 9.38. The first-order chi connectivity index (χ1) is 6.66. The fraction of sp³-hybridized carbons (Fsp3) is 0.909. The Bertz CT molecular complexity index is 178. The molecule has 14 heavy (non-hydrogen) atoms. The van der Waals surface area contributed by atoms with Gasteiger partial charge in [-0.1, -0.05) is 39.0 Å². The van der Waals surface area contributed by atoms with Gasteiger partial charge in [0.25, 0.3) is 0 Å². The van der Waals surface area contributed by atoms with Crippen LogP contribution in [0.15, 0.2) is 0 Å². The number of Topliss-reactive ketones (excluding diaryl/α,β-unsaturated/α-hetero) is 1. The highest BCUT2D eigenvalue weighted by Gasteiger charge is 2.03. The molecule has 0 saturated heterocycles. The number of hydrogen-bond donors (Lipinski definition) is 0. The topological polar surface area (TPSA) is 34.1 Å². The van der Waals surface area contributed by atoms with E-state index in [1.807, 2.05) is 0 Å². The van der Waals surface area contributed by atoms with Crippen LogP contribution < -0.4 is 0 Å². The first-order valence-corrected chi connectivity index (χ1v) is 7.21. The average Bonchev–Trinajstić information content (AvgIpc) is 2.10. The minimum absolute atomic E-state index is 0.154. The summed E-state index contributed by atoms with van der Waals surface area (Å²) in [7, 11) is -0.955. The Morgan fingerprint density at radius 2 is 1.64 bits per heavy atom. The van der Waals surface area contributed by atoms with Gasteiger partial charge in [-0.05, 0) is 6.42 Å². The van der Waals surface area contributed by atoms with E-state index in [9.17, 15) is 9.00 Å². The molecule has 0 aromatic heterocycles. The van der Waals surface area contributed by atoms with Crippen LogP contribution in [0, 0.1) is 0 Å². The van der Waals surface area contributed by atoms with Crippen LogP contribution in [0.5, 0.6) is 0 Å². The predicted octanol–water partition coefficient (Wildman–Crippen LogP) is 2.68. The molecule has 0 aliphatic heterocycles. The van der Waals surface area contributed by atoms with Crippen molar-refractivity contribution in [3.05, 3.63) is 0 Å². The molecule has 0 N–H and O–H groups in total. The van der Waals surface area contributed by atoms with E-state index >= 15 is 0 Å². The van der Waals surface area contributed by atoms with Gasteiger partial charge in [0.2, 0.25) is 0 Å². The largest absolute Gasteiger partial charge is 0.299 e. The van der Waals surface area contributed by atoms with Gasteiger partial charge >= 0.3 is 0 Å². The Labute approximate surface area is 89.9 Å². The number of unbranched alkanes of at least 4 members (excludes halogenated alkanes) is 5. The molecule has 3 heteroatoms. The van der Waals surface area contributed by atoms with Crippen molar-refractivity contribution in [2.75, 3.05) is 12.0 Å². The van der Waals surface area contributed by atoms with E-state index in [1.54, 1.807) is 6.26 Å². The van der Waals surface area contributed by atoms with Crippen molar-refractivity contribution in [2.24, 2.45) is 0 Å². The van der Waals surface area contributed by atoms with Crippen molar-refractivity contribution in [3.8, 4) is 0 Å². The number of carbonyl (C=O) groups excluding carboxylic acids is 1. The van der Waals surface area contributed by atoms with E-state index in [4.69, 9.17) is 0 Å². The molecule has 2 nitrogen and oxygen atoms in total. The first kappa shape index (κ1) is 13.8. The summed E-state index contributed by atoms with van der Waals surface area (Å²) in [5.41, 5.74) is 0. The minimum Gasteiger partial charge on any atom is -0.299 e. The number of rotatable bonds is 9. The summed E-state index contributed by atoms with van der Waals surface area (Å²) in [5.74, 6) is 0.399. The van der Waals surface area contributed by atoms with Crippen LogP contribution in [0.2, 0.25) is 0 Å². The molecule has 0 fully saturated rings. The molecule has 0 spiro atoms. The summed E-state index contributed by atoms with van der Waals surface area (Å²) in [4.78, 5) is 11.1. The van der Waals surface area contributed by atoms with E-state index in [0.29, 0.717) is 6.42 Å². The summed E-state index contributed by atoms with van der Waals surface area (Å²) < 4.78 is 10.7. The van der Waals surface area contributed by atoms with Gasteiger partial charge in [0, 0.05) is 23.5 Å². The van der Waals surface area contributed by atoms with E-state index in [2.05, 4.69) is 6.92 Å². The fourth-order valence-corrected chi connectivity index (χ4v) is 2.00. The standard InChI is InChI=1S/C11H22O2S/c1-3-4-5-6-7-8-9-11(12)10-14(2)13/h3-10H2,1-2H3. The second-order valence-corrected chi connectivity index (χ2v) is 5.21. The zero-order chi connectivity index (χ0) is 10.8. The van der Waals surface area contributed by atoms with Crippen LogP contribution in [-0.4, -0.2) is 22.0 Å². The monoisotopic (exact) mass is 218 g/mol. The van der Waals surface area contributed by atoms with Gasteiger partial charge in [-0.3, -0.25) is 9.00 Å². The molecule has 0 aromatic carbocycles. The average molecular weight is 218 g/mol. The molecule has 0 rings (SSSR count). The van der Waals surface area contributed by atoms with Gasteiger partial charge in [0.1, 0.15) is 5.78 Å². The van der Waals surface area contributed by atoms with E-state index in [1.165, 1.54) is 25.7 Å².